The van der Waals surface area contributed by atoms with Crippen LogP contribution in [0.15, 0.2) is 24.5 Å². The minimum Gasteiger partial charge on any atom is -0.338 e. The average molecular weight is 378 g/mol. The SMILES string of the molecule is N#Cc1ncc2[nH]c3ncccc3c2c1C1CCN(N2CCC(F)CC2)CC1. The summed E-state index contributed by atoms with van der Waals surface area (Å²) in [7, 11) is 0. The van der Waals surface area contributed by atoms with Crippen molar-refractivity contribution in [2.24, 2.45) is 0 Å². The van der Waals surface area contributed by atoms with Crippen LogP contribution in [0.3, 0.4) is 0 Å². The van der Waals surface area contributed by atoms with E-state index in [1.807, 2.05) is 6.07 Å². The van der Waals surface area contributed by atoms with E-state index in [2.05, 4.69) is 37.1 Å². The number of alkyl halides is 1. The molecular formula is C21H23FN6. The van der Waals surface area contributed by atoms with Gasteiger partial charge in [-0.3, -0.25) is 0 Å². The Bertz CT molecular complexity index is 1040. The van der Waals surface area contributed by atoms with Crippen LogP contribution in [0.25, 0.3) is 21.9 Å². The summed E-state index contributed by atoms with van der Waals surface area (Å²) >= 11 is 0. The number of aromatic amines is 1. The molecular weight excluding hydrogens is 355 g/mol. The minimum absolute atomic E-state index is 0.292. The first kappa shape index (κ1) is 17.5. The monoisotopic (exact) mass is 378 g/mol. The lowest BCUT2D eigenvalue weighted by Crippen LogP contribution is -2.50. The molecule has 7 heteroatoms. The fraction of sp³-hybridized carbons (Fsp3) is 0.476. The molecule has 0 bridgehead atoms. The number of H-pyrrole nitrogens is 1. The molecule has 0 aromatic carbocycles. The summed E-state index contributed by atoms with van der Waals surface area (Å²) in [5, 5.41) is 16.5. The van der Waals surface area contributed by atoms with Gasteiger partial charge in [0.25, 0.3) is 0 Å². The average Bonchev–Trinajstić information content (AvgIpc) is 3.12. The van der Waals surface area contributed by atoms with E-state index in [9.17, 15) is 9.65 Å². The Morgan fingerprint density at radius 3 is 2.50 bits per heavy atom. The van der Waals surface area contributed by atoms with Gasteiger partial charge in [0.2, 0.25) is 0 Å². The predicted molar refractivity (Wildman–Crippen MR) is 105 cm³/mol. The lowest BCUT2D eigenvalue weighted by molar-refractivity contribution is -0.0668. The highest BCUT2D eigenvalue weighted by Crippen LogP contribution is 2.38. The number of piperidine rings is 2. The lowest BCUT2D eigenvalue weighted by Gasteiger charge is -2.42. The lowest BCUT2D eigenvalue weighted by atomic mass is 9.86. The number of hydrazine groups is 1. The highest BCUT2D eigenvalue weighted by molar-refractivity contribution is 6.08. The van der Waals surface area contributed by atoms with Gasteiger partial charge in [-0.25, -0.2) is 24.4 Å². The van der Waals surface area contributed by atoms with Gasteiger partial charge in [0.05, 0.1) is 11.7 Å². The smallest absolute Gasteiger partial charge is 0.144 e. The number of hydrogen-bond donors (Lipinski definition) is 1. The molecule has 3 aromatic heterocycles. The number of aromatic nitrogens is 3. The van der Waals surface area contributed by atoms with Crippen LogP contribution in [0.5, 0.6) is 0 Å². The van der Waals surface area contributed by atoms with E-state index in [1.165, 1.54) is 0 Å². The van der Waals surface area contributed by atoms with Crippen molar-refractivity contribution >= 4 is 21.9 Å². The molecule has 5 rings (SSSR count). The van der Waals surface area contributed by atoms with Gasteiger partial charge in [-0.15, -0.1) is 0 Å². The van der Waals surface area contributed by atoms with Gasteiger partial charge in [0, 0.05) is 48.7 Å². The second kappa shape index (κ2) is 7.12. The molecule has 0 saturated carbocycles. The molecule has 3 aromatic rings. The number of nitrogens with zero attached hydrogens (tertiary/aromatic N) is 5. The number of pyridine rings is 2. The van der Waals surface area contributed by atoms with E-state index >= 15 is 0 Å². The summed E-state index contributed by atoms with van der Waals surface area (Å²) in [6.07, 6.45) is 6.07. The second-order valence-corrected chi connectivity index (χ2v) is 7.80. The van der Waals surface area contributed by atoms with Crippen LogP contribution in [-0.2, 0) is 0 Å². The van der Waals surface area contributed by atoms with Gasteiger partial charge < -0.3 is 4.98 Å². The van der Waals surface area contributed by atoms with Crippen LogP contribution in [0.2, 0.25) is 0 Å². The van der Waals surface area contributed by atoms with E-state index in [0.29, 0.717) is 24.5 Å². The van der Waals surface area contributed by atoms with Crippen molar-refractivity contribution in [3.05, 3.63) is 35.8 Å². The van der Waals surface area contributed by atoms with Crippen molar-refractivity contribution in [1.82, 2.24) is 25.0 Å². The molecule has 144 valence electrons. The molecule has 28 heavy (non-hydrogen) atoms. The third kappa shape index (κ3) is 2.93. The number of halogens is 1. The molecule has 0 unspecified atom stereocenters. The van der Waals surface area contributed by atoms with Crippen molar-refractivity contribution in [1.29, 1.82) is 5.26 Å². The molecule has 0 radical (unpaired) electrons. The number of nitriles is 1. The highest BCUT2D eigenvalue weighted by atomic mass is 19.1. The number of nitrogens with one attached hydrogen (secondary N) is 1. The molecule has 2 aliphatic heterocycles. The van der Waals surface area contributed by atoms with Gasteiger partial charge in [-0.2, -0.15) is 5.26 Å². The first-order chi connectivity index (χ1) is 13.7. The van der Waals surface area contributed by atoms with Crippen LogP contribution in [0.4, 0.5) is 4.39 Å². The molecule has 2 saturated heterocycles. The molecule has 2 fully saturated rings. The topological polar surface area (TPSA) is 71.8 Å². The Morgan fingerprint density at radius 1 is 1.07 bits per heavy atom. The molecule has 0 amide bonds. The Morgan fingerprint density at radius 2 is 1.79 bits per heavy atom. The fourth-order valence-electron chi connectivity index (χ4n) is 4.79. The van der Waals surface area contributed by atoms with E-state index in [4.69, 9.17) is 0 Å². The third-order valence-corrected chi connectivity index (χ3v) is 6.23. The van der Waals surface area contributed by atoms with E-state index in [1.54, 1.807) is 12.4 Å². The Balaban J connectivity index is 1.46. The summed E-state index contributed by atoms with van der Waals surface area (Å²) in [5.41, 5.74) is 3.35. The summed E-state index contributed by atoms with van der Waals surface area (Å²) in [5.74, 6) is 0.292. The summed E-state index contributed by atoms with van der Waals surface area (Å²) in [6, 6.07) is 6.30. The fourth-order valence-corrected chi connectivity index (χ4v) is 4.79. The van der Waals surface area contributed by atoms with Crippen LogP contribution >= 0.6 is 0 Å². The first-order valence-corrected chi connectivity index (χ1v) is 10.0. The van der Waals surface area contributed by atoms with Crippen molar-refractivity contribution < 1.29 is 4.39 Å². The maximum absolute atomic E-state index is 13.4. The molecule has 0 atom stereocenters. The van der Waals surface area contributed by atoms with Crippen molar-refractivity contribution in [2.75, 3.05) is 26.2 Å². The predicted octanol–water partition coefficient (Wildman–Crippen LogP) is 3.51. The zero-order valence-electron chi connectivity index (χ0n) is 15.7. The second-order valence-electron chi connectivity index (χ2n) is 7.80. The zero-order chi connectivity index (χ0) is 19.1. The molecule has 2 aliphatic rings. The van der Waals surface area contributed by atoms with E-state index in [-0.39, 0.29) is 0 Å². The Kier molecular flexibility index (Phi) is 4.46. The molecule has 6 nitrogen and oxygen atoms in total. The van der Waals surface area contributed by atoms with Crippen molar-refractivity contribution in [3.8, 4) is 6.07 Å². The van der Waals surface area contributed by atoms with Crippen LogP contribution in [0, 0.1) is 11.3 Å². The van der Waals surface area contributed by atoms with Gasteiger partial charge in [-0.1, -0.05) is 0 Å². The molecule has 1 N–H and O–H groups in total. The van der Waals surface area contributed by atoms with Gasteiger partial charge in [-0.05, 0) is 43.7 Å². The standard InChI is InChI=1S/C21H23FN6/c22-15-5-10-28(11-6-15)27-8-3-14(4-9-27)19-17(12-23)25-13-18-20(19)16-2-1-7-24-21(16)26-18/h1-2,7,13-15H,3-6,8-11H2,(H,24,26). The first-order valence-electron chi connectivity index (χ1n) is 10.0. The van der Waals surface area contributed by atoms with Crippen molar-refractivity contribution in [3.63, 3.8) is 0 Å². The van der Waals surface area contributed by atoms with E-state index in [0.717, 1.165) is 66.5 Å². The van der Waals surface area contributed by atoms with Crippen molar-refractivity contribution in [2.45, 2.75) is 37.8 Å². The highest BCUT2D eigenvalue weighted by Gasteiger charge is 2.30. The Hall–Kier alpha value is -2.56. The number of hydrogen-bond acceptors (Lipinski definition) is 5. The quantitative estimate of drug-likeness (QED) is 0.739. The number of fused-ring (bicyclic) bond motifs is 3. The number of rotatable bonds is 2. The van der Waals surface area contributed by atoms with E-state index < -0.39 is 6.17 Å². The maximum Gasteiger partial charge on any atom is 0.144 e. The Labute approximate surface area is 162 Å². The van der Waals surface area contributed by atoms with Crippen LogP contribution in [-0.4, -0.2) is 57.3 Å². The van der Waals surface area contributed by atoms with Gasteiger partial charge in [0.15, 0.2) is 0 Å². The van der Waals surface area contributed by atoms with Gasteiger partial charge >= 0.3 is 0 Å². The van der Waals surface area contributed by atoms with Crippen LogP contribution < -0.4 is 0 Å². The normalized spacial score (nSPS) is 20.7. The summed E-state index contributed by atoms with van der Waals surface area (Å²) in [6.45, 7) is 3.48. The molecule has 0 spiro atoms. The largest absolute Gasteiger partial charge is 0.338 e. The summed E-state index contributed by atoms with van der Waals surface area (Å²) < 4.78 is 13.4. The summed E-state index contributed by atoms with van der Waals surface area (Å²) in [4.78, 5) is 12.2. The zero-order valence-corrected chi connectivity index (χ0v) is 15.7. The van der Waals surface area contributed by atoms with Crippen LogP contribution in [0.1, 0.15) is 42.9 Å². The van der Waals surface area contributed by atoms with Gasteiger partial charge in [0.1, 0.15) is 23.6 Å². The third-order valence-electron chi connectivity index (χ3n) is 6.23. The maximum atomic E-state index is 13.4. The molecule has 5 heterocycles. The minimum atomic E-state index is -0.647. The molecule has 0 aliphatic carbocycles.